The van der Waals surface area contributed by atoms with Crippen molar-refractivity contribution < 1.29 is 13.2 Å². The number of anilines is 1. The minimum absolute atomic E-state index is 0.163. The standard InChI is InChI=1S/C14H15BrN2O3S/c1-20-12-5-3-11(4-6-12)17-21(18,19)14-7-2-10(9-16)8-13(14)15/h2-8,17H,9,16H2,1H3. The topological polar surface area (TPSA) is 81.4 Å². The molecular formula is C14H15BrN2O3S. The second kappa shape index (κ2) is 6.46. The predicted molar refractivity (Wildman–Crippen MR) is 85.8 cm³/mol. The molecule has 0 aliphatic rings. The zero-order valence-electron chi connectivity index (χ0n) is 11.3. The van der Waals surface area contributed by atoms with E-state index in [9.17, 15) is 8.42 Å². The third-order valence-electron chi connectivity index (χ3n) is 2.86. The second-order valence-corrected chi connectivity index (χ2v) is 6.81. The van der Waals surface area contributed by atoms with E-state index < -0.39 is 10.0 Å². The highest BCUT2D eigenvalue weighted by atomic mass is 79.9. The molecule has 0 aliphatic heterocycles. The van der Waals surface area contributed by atoms with Crippen molar-refractivity contribution in [2.45, 2.75) is 11.4 Å². The molecule has 5 nitrogen and oxygen atoms in total. The Balaban J connectivity index is 2.29. The van der Waals surface area contributed by atoms with Crippen molar-refractivity contribution in [3.63, 3.8) is 0 Å². The first-order valence-corrected chi connectivity index (χ1v) is 8.39. The fraction of sp³-hybridized carbons (Fsp3) is 0.143. The van der Waals surface area contributed by atoms with Crippen LogP contribution in [0.25, 0.3) is 0 Å². The van der Waals surface area contributed by atoms with E-state index in [4.69, 9.17) is 10.5 Å². The Kier molecular flexibility index (Phi) is 4.87. The third-order valence-corrected chi connectivity index (χ3v) is 5.22. The molecule has 2 aromatic rings. The van der Waals surface area contributed by atoms with E-state index in [1.54, 1.807) is 43.5 Å². The molecule has 0 fully saturated rings. The minimum atomic E-state index is -3.67. The molecule has 0 atom stereocenters. The van der Waals surface area contributed by atoms with Gasteiger partial charge in [-0.3, -0.25) is 4.72 Å². The largest absolute Gasteiger partial charge is 0.497 e. The van der Waals surface area contributed by atoms with Crippen LogP contribution in [0.3, 0.4) is 0 Å². The van der Waals surface area contributed by atoms with Crippen molar-refractivity contribution in [3.8, 4) is 5.75 Å². The number of hydrogen-bond acceptors (Lipinski definition) is 4. The lowest BCUT2D eigenvalue weighted by Gasteiger charge is -2.11. The molecule has 2 rings (SSSR count). The zero-order valence-corrected chi connectivity index (χ0v) is 13.7. The summed E-state index contributed by atoms with van der Waals surface area (Å²) >= 11 is 3.27. The van der Waals surface area contributed by atoms with Gasteiger partial charge < -0.3 is 10.5 Å². The van der Waals surface area contributed by atoms with Gasteiger partial charge in [0, 0.05) is 16.7 Å². The van der Waals surface area contributed by atoms with E-state index in [0.29, 0.717) is 22.5 Å². The maximum absolute atomic E-state index is 12.4. The number of rotatable bonds is 5. The van der Waals surface area contributed by atoms with Crippen LogP contribution in [0.15, 0.2) is 51.8 Å². The SMILES string of the molecule is COc1ccc(NS(=O)(=O)c2ccc(CN)cc2Br)cc1. The van der Waals surface area contributed by atoms with E-state index >= 15 is 0 Å². The Morgan fingerprint density at radius 3 is 2.38 bits per heavy atom. The third kappa shape index (κ3) is 3.75. The van der Waals surface area contributed by atoms with Crippen molar-refractivity contribution in [3.05, 3.63) is 52.5 Å². The van der Waals surface area contributed by atoms with Crippen molar-refractivity contribution in [2.75, 3.05) is 11.8 Å². The fourth-order valence-electron chi connectivity index (χ4n) is 1.76. The Labute approximate surface area is 132 Å². The molecule has 0 aromatic heterocycles. The van der Waals surface area contributed by atoms with Crippen molar-refractivity contribution in [1.82, 2.24) is 0 Å². The Morgan fingerprint density at radius 1 is 1.19 bits per heavy atom. The smallest absolute Gasteiger partial charge is 0.263 e. The molecule has 0 bridgehead atoms. The van der Waals surface area contributed by atoms with E-state index in [0.717, 1.165) is 5.56 Å². The number of nitrogens with two attached hydrogens (primary N) is 1. The zero-order chi connectivity index (χ0) is 15.5. The van der Waals surface area contributed by atoms with Crippen LogP contribution in [-0.2, 0) is 16.6 Å². The molecule has 0 radical (unpaired) electrons. The van der Waals surface area contributed by atoms with Crippen molar-refractivity contribution in [1.29, 1.82) is 0 Å². The molecule has 0 spiro atoms. The normalized spacial score (nSPS) is 11.2. The van der Waals surface area contributed by atoms with Gasteiger partial charge in [0.2, 0.25) is 0 Å². The van der Waals surface area contributed by atoms with Crippen molar-refractivity contribution in [2.24, 2.45) is 5.73 Å². The first-order chi connectivity index (χ1) is 9.96. The summed E-state index contributed by atoms with van der Waals surface area (Å²) in [5, 5.41) is 0. The van der Waals surface area contributed by atoms with Gasteiger partial charge in [-0.2, -0.15) is 0 Å². The van der Waals surface area contributed by atoms with Crippen LogP contribution in [0.5, 0.6) is 5.75 Å². The summed E-state index contributed by atoms with van der Waals surface area (Å²) in [6.07, 6.45) is 0. The van der Waals surface area contributed by atoms with Crippen molar-refractivity contribution >= 4 is 31.6 Å². The van der Waals surface area contributed by atoms with E-state index in [1.165, 1.54) is 6.07 Å². The second-order valence-electron chi connectivity index (χ2n) is 4.30. The van der Waals surface area contributed by atoms with Gasteiger partial charge in [0.1, 0.15) is 10.6 Å². The highest BCUT2D eigenvalue weighted by Gasteiger charge is 2.18. The predicted octanol–water partition coefficient (Wildman–Crippen LogP) is 2.72. The summed E-state index contributed by atoms with van der Waals surface area (Å²) in [4.78, 5) is 0.163. The van der Waals surface area contributed by atoms with Gasteiger partial charge in [0.25, 0.3) is 10.0 Å². The average Bonchev–Trinajstić information content (AvgIpc) is 2.47. The molecule has 0 saturated carbocycles. The van der Waals surface area contributed by atoms with E-state index in [2.05, 4.69) is 20.7 Å². The van der Waals surface area contributed by atoms with Crippen LogP contribution in [0.4, 0.5) is 5.69 Å². The fourth-order valence-corrected chi connectivity index (χ4v) is 3.94. The molecule has 3 N–H and O–H groups in total. The maximum Gasteiger partial charge on any atom is 0.263 e. The highest BCUT2D eigenvalue weighted by molar-refractivity contribution is 9.10. The summed E-state index contributed by atoms with van der Waals surface area (Å²) in [7, 11) is -2.12. The van der Waals surface area contributed by atoms with Crippen LogP contribution < -0.4 is 15.2 Å². The molecule has 112 valence electrons. The maximum atomic E-state index is 12.4. The van der Waals surface area contributed by atoms with E-state index in [1.807, 2.05) is 0 Å². The molecule has 0 aliphatic carbocycles. The number of hydrogen-bond donors (Lipinski definition) is 2. The van der Waals surface area contributed by atoms with Gasteiger partial charge >= 0.3 is 0 Å². The van der Waals surface area contributed by atoms with Crippen LogP contribution in [0.2, 0.25) is 0 Å². The number of halogens is 1. The minimum Gasteiger partial charge on any atom is -0.497 e. The number of methoxy groups -OCH3 is 1. The lowest BCUT2D eigenvalue weighted by atomic mass is 10.2. The molecule has 0 heterocycles. The number of ether oxygens (including phenoxy) is 1. The van der Waals surface area contributed by atoms with Gasteiger partial charge in [-0.1, -0.05) is 6.07 Å². The molecule has 0 saturated heterocycles. The number of nitrogens with one attached hydrogen (secondary N) is 1. The van der Waals surface area contributed by atoms with Gasteiger partial charge in [0.05, 0.1) is 7.11 Å². The molecule has 0 unspecified atom stereocenters. The Bertz CT molecular complexity index is 730. The van der Waals surface area contributed by atoms with Crippen LogP contribution in [-0.4, -0.2) is 15.5 Å². The number of sulfonamides is 1. The Morgan fingerprint density at radius 2 is 1.86 bits per heavy atom. The molecule has 0 amide bonds. The summed E-state index contributed by atoms with van der Waals surface area (Å²) < 4.78 is 32.8. The van der Waals surface area contributed by atoms with Crippen LogP contribution in [0, 0.1) is 0 Å². The highest BCUT2D eigenvalue weighted by Crippen LogP contribution is 2.26. The van der Waals surface area contributed by atoms with Crippen LogP contribution in [0.1, 0.15) is 5.56 Å². The molecule has 7 heteroatoms. The Hall–Kier alpha value is -1.57. The van der Waals surface area contributed by atoms with Gasteiger partial charge in [-0.15, -0.1) is 0 Å². The molecule has 2 aromatic carbocycles. The van der Waals surface area contributed by atoms with Gasteiger partial charge in [-0.05, 0) is 57.9 Å². The molecular weight excluding hydrogens is 356 g/mol. The summed E-state index contributed by atoms with van der Waals surface area (Å²) in [6.45, 7) is 0.352. The van der Waals surface area contributed by atoms with Gasteiger partial charge in [-0.25, -0.2) is 8.42 Å². The van der Waals surface area contributed by atoms with Gasteiger partial charge in [0.15, 0.2) is 0 Å². The lowest BCUT2D eigenvalue weighted by molar-refractivity contribution is 0.415. The molecule has 21 heavy (non-hydrogen) atoms. The number of benzene rings is 2. The lowest BCUT2D eigenvalue weighted by Crippen LogP contribution is -2.14. The summed E-state index contributed by atoms with van der Waals surface area (Å²) in [6, 6.07) is 11.6. The quantitative estimate of drug-likeness (QED) is 0.847. The monoisotopic (exact) mass is 370 g/mol. The summed E-state index contributed by atoms with van der Waals surface area (Å²) in [5.74, 6) is 0.659. The first-order valence-electron chi connectivity index (χ1n) is 6.11. The average molecular weight is 371 g/mol. The van der Waals surface area contributed by atoms with Crippen LogP contribution >= 0.6 is 15.9 Å². The van der Waals surface area contributed by atoms with E-state index in [-0.39, 0.29) is 4.90 Å². The summed E-state index contributed by atoms with van der Waals surface area (Å²) in [5.41, 5.74) is 6.85. The first kappa shape index (κ1) is 15.8.